The summed E-state index contributed by atoms with van der Waals surface area (Å²) in [6, 6.07) is 16.2. The zero-order chi connectivity index (χ0) is 16.5. The van der Waals surface area contributed by atoms with Gasteiger partial charge in [0.2, 0.25) is 0 Å². The largest absolute Gasteiger partial charge is 0.497 e. The molecule has 0 aliphatic heterocycles. The molecule has 24 heavy (non-hydrogen) atoms. The molecular weight excluding hydrogens is 305 g/mol. The van der Waals surface area contributed by atoms with Gasteiger partial charge in [-0.25, -0.2) is 14.4 Å². The lowest BCUT2D eigenvalue weighted by Gasteiger charge is -2.04. The normalized spacial score (nSPS) is 10.9. The van der Waals surface area contributed by atoms with Gasteiger partial charge in [0.25, 0.3) is 0 Å². The number of pyridine rings is 1. The topological polar surface area (TPSA) is 50.8 Å². The van der Waals surface area contributed by atoms with Gasteiger partial charge in [0.15, 0.2) is 5.65 Å². The molecule has 2 heterocycles. The third kappa shape index (κ3) is 2.50. The van der Waals surface area contributed by atoms with E-state index in [4.69, 9.17) is 4.74 Å². The van der Waals surface area contributed by atoms with Crippen LogP contribution in [0.15, 0.2) is 60.8 Å². The second-order valence-corrected chi connectivity index (χ2v) is 5.39. The summed E-state index contributed by atoms with van der Waals surface area (Å²) in [6.45, 7) is 0. The first-order valence-electron chi connectivity index (χ1n) is 7.50. The molecule has 0 bridgehead atoms. The van der Waals surface area contributed by atoms with E-state index in [0.29, 0.717) is 22.6 Å². The molecule has 0 fully saturated rings. The number of aromatic amines is 1. The van der Waals surface area contributed by atoms with Gasteiger partial charge in [-0.1, -0.05) is 24.3 Å². The summed E-state index contributed by atoms with van der Waals surface area (Å²) in [6.07, 6.45) is 1.76. The van der Waals surface area contributed by atoms with Crippen LogP contribution in [0.2, 0.25) is 0 Å². The van der Waals surface area contributed by atoms with Gasteiger partial charge in [-0.05, 0) is 35.9 Å². The molecule has 4 nitrogen and oxygen atoms in total. The Hall–Kier alpha value is -3.21. The number of H-pyrrole nitrogens is 1. The first-order chi connectivity index (χ1) is 11.7. The molecule has 0 aliphatic carbocycles. The number of aromatic nitrogens is 3. The standard InChI is InChI=1S/C19H14FN3O/c1-24-14-6-4-5-12(9-14)13-10-17-19(21-11-13)23-18(22-17)15-7-2-3-8-16(15)20/h2-11H,1H3,(H,21,22,23). The van der Waals surface area contributed by atoms with Crippen molar-refractivity contribution >= 4 is 11.2 Å². The summed E-state index contributed by atoms with van der Waals surface area (Å²) in [5.41, 5.74) is 3.65. The van der Waals surface area contributed by atoms with E-state index in [1.54, 1.807) is 31.5 Å². The Morgan fingerprint density at radius 3 is 2.71 bits per heavy atom. The number of nitrogens with one attached hydrogen (secondary N) is 1. The SMILES string of the molecule is COc1cccc(-c2cnc3[nH]c(-c4ccccc4F)nc3c2)c1. The minimum atomic E-state index is -0.315. The average Bonchev–Trinajstić information content (AvgIpc) is 3.05. The highest BCUT2D eigenvalue weighted by molar-refractivity contribution is 5.81. The molecule has 0 aliphatic rings. The van der Waals surface area contributed by atoms with Gasteiger partial charge < -0.3 is 9.72 Å². The summed E-state index contributed by atoms with van der Waals surface area (Å²) in [4.78, 5) is 12.0. The maximum Gasteiger partial charge on any atom is 0.157 e. The van der Waals surface area contributed by atoms with Crippen LogP contribution in [0.5, 0.6) is 5.75 Å². The molecule has 2 aromatic heterocycles. The number of benzene rings is 2. The van der Waals surface area contributed by atoms with Gasteiger partial charge in [-0.3, -0.25) is 0 Å². The summed E-state index contributed by atoms with van der Waals surface area (Å²) in [5.74, 6) is 0.935. The van der Waals surface area contributed by atoms with Crippen LogP contribution >= 0.6 is 0 Å². The van der Waals surface area contributed by atoms with Crippen LogP contribution < -0.4 is 4.74 Å². The number of ether oxygens (including phenoxy) is 1. The van der Waals surface area contributed by atoms with E-state index in [2.05, 4.69) is 15.0 Å². The predicted molar refractivity (Wildman–Crippen MR) is 91.3 cm³/mol. The van der Waals surface area contributed by atoms with Gasteiger partial charge in [-0.2, -0.15) is 0 Å². The van der Waals surface area contributed by atoms with Gasteiger partial charge in [0, 0.05) is 11.8 Å². The molecule has 1 N–H and O–H groups in total. The number of halogens is 1. The summed E-state index contributed by atoms with van der Waals surface area (Å²) in [7, 11) is 1.63. The number of hydrogen-bond donors (Lipinski definition) is 1. The van der Waals surface area contributed by atoms with E-state index in [1.807, 2.05) is 30.3 Å². The highest BCUT2D eigenvalue weighted by Crippen LogP contribution is 2.27. The van der Waals surface area contributed by atoms with Crippen molar-refractivity contribution in [2.75, 3.05) is 7.11 Å². The Morgan fingerprint density at radius 1 is 1.00 bits per heavy atom. The molecule has 4 aromatic rings. The molecular formula is C19H14FN3O. The van der Waals surface area contributed by atoms with Crippen molar-refractivity contribution < 1.29 is 9.13 Å². The Bertz CT molecular complexity index is 1030. The minimum absolute atomic E-state index is 0.315. The van der Waals surface area contributed by atoms with Gasteiger partial charge in [0.1, 0.15) is 22.9 Å². The van der Waals surface area contributed by atoms with Crippen LogP contribution in [0, 0.1) is 5.82 Å². The fourth-order valence-corrected chi connectivity index (χ4v) is 2.64. The molecule has 4 rings (SSSR count). The zero-order valence-electron chi connectivity index (χ0n) is 13.0. The lowest BCUT2D eigenvalue weighted by atomic mass is 10.1. The number of hydrogen-bond acceptors (Lipinski definition) is 3. The number of rotatable bonds is 3. The molecule has 0 unspecified atom stereocenters. The Balaban J connectivity index is 1.80. The zero-order valence-corrected chi connectivity index (χ0v) is 13.0. The van der Waals surface area contributed by atoms with Crippen molar-refractivity contribution in [2.45, 2.75) is 0 Å². The van der Waals surface area contributed by atoms with E-state index < -0.39 is 0 Å². The number of imidazole rings is 1. The molecule has 0 amide bonds. The Morgan fingerprint density at radius 2 is 1.88 bits per heavy atom. The summed E-state index contributed by atoms with van der Waals surface area (Å²) >= 11 is 0. The molecule has 0 spiro atoms. The fraction of sp³-hybridized carbons (Fsp3) is 0.0526. The lowest BCUT2D eigenvalue weighted by Crippen LogP contribution is -1.85. The third-order valence-corrected chi connectivity index (χ3v) is 3.87. The highest BCUT2D eigenvalue weighted by atomic mass is 19.1. The minimum Gasteiger partial charge on any atom is -0.497 e. The van der Waals surface area contributed by atoms with Gasteiger partial charge in [-0.15, -0.1) is 0 Å². The van der Waals surface area contributed by atoms with Crippen molar-refractivity contribution in [3.63, 3.8) is 0 Å². The van der Waals surface area contributed by atoms with E-state index in [0.717, 1.165) is 16.9 Å². The van der Waals surface area contributed by atoms with Crippen molar-refractivity contribution in [3.05, 3.63) is 66.6 Å². The summed E-state index contributed by atoms with van der Waals surface area (Å²) in [5, 5.41) is 0. The highest BCUT2D eigenvalue weighted by Gasteiger charge is 2.11. The average molecular weight is 319 g/mol. The van der Waals surface area contributed by atoms with Crippen molar-refractivity contribution in [1.82, 2.24) is 15.0 Å². The Kier molecular flexibility index (Phi) is 3.46. The van der Waals surface area contributed by atoms with Crippen LogP contribution in [0.4, 0.5) is 4.39 Å². The van der Waals surface area contributed by atoms with Crippen LogP contribution in [0.1, 0.15) is 0 Å². The number of methoxy groups -OCH3 is 1. The van der Waals surface area contributed by atoms with Crippen LogP contribution in [-0.4, -0.2) is 22.1 Å². The third-order valence-electron chi connectivity index (χ3n) is 3.87. The maximum absolute atomic E-state index is 13.9. The van der Waals surface area contributed by atoms with Crippen LogP contribution in [0.3, 0.4) is 0 Å². The van der Waals surface area contributed by atoms with Gasteiger partial charge >= 0.3 is 0 Å². The van der Waals surface area contributed by atoms with E-state index in [9.17, 15) is 4.39 Å². The number of fused-ring (bicyclic) bond motifs is 1. The van der Waals surface area contributed by atoms with Crippen molar-refractivity contribution in [3.8, 4) is 28.3 Å². The van der Waals surface area contributed by atoms with E-state index in [1.165, 1.54) is 6.07 Å². The fourth-order valence-electron chi connectivity index (χ4n) is 2.64. The smallest absolute Gasteiger partial charge is 0.157 e. The molecule has 0 radical (unpaired) electrons. The molecule has 0 saturated carbocycles. The molecule has 118 valence electrons. The van der Waals surface area contributed by atoms with E-state index >= 15 is 0 Å². The first-order valence-corrected chi connectivity index (χ1v) is 7.50. The molecule has 0 atom stereocenters. The first kappa shape index (κ1) is 14.4. The van der Waals surface area contributed by atoms with Crippen molar-refractivity contribution in [2.24, 2.45) is 0 Å². The molecule has 5 heteroatoms. The quantitative estimate of drug-likeness (QED) is 0.607. The second kappa shape index (κ2) is 5.77. The molecule has 2 aromatic carbocycles. The second-order valence-electron chi connectivity index (χ2n) is 5.39. The number of nitrogens with zero attached hydrogens (tertiary/aromatic N) is 2. The van der Waals surface area contributed by atoms with Gasteiger partial charge in [0.05, 0.1) is 12.7 Å². The molecule has 0 saturated heterocycles. The summed E-state index contributed by atoms with van der Waals surface area (Å²) < 4.78 is 19.2. The van der Waals surface area contributed by atoms with Crippen molar-refractivity contribution in [1.29, 1.82) is 0 Å². The Labute approximate surface area is 138 Å². The van der Waals surface area contributed by atoms with E-state index in [-0.39, 0.29) is 5.82 Å². The lowest BCUT2D eigenvalue weighted by molar-refractivity contribution is 0.415. The van der Waals surface area contributed by atoms with Crippen LogP contribution in [0.25, 0.3) is 33.7 Å². The predicted octanol–water partition coefficient (Wildman–Crippen LogP) is 4.44. The van der Waals surface area contributed by atoms with Crippen LogP contribution in [-0.2, 0) is 0 Å². The maximum atomic E-state index is 13.9. The monoisotopic (exact) mass is 319 g/mol.